The lowest BCUT2D eigenvalue weighted by Gasteiger charge is -2.30. The molecule has 0 amide bonds. The van der Waals surface area contributed by atoms with Crippen LogP contribution in [0.4, 0.5) is 24.8 Å². The smallest absolute Gasteiger partial charge is 0.406 e. The summed E-state index contributed by atoms with van der Waals surface area (Å²) in [6.07, 6.45) is -4.61. The van der Waals surface area contributed by atoms with Gasteiger partial charge in [-0.05, 0) is 37.6 Å². The average molecular weight is 490 g/mol. The number of hydrogen-bond acceptors (Lipinski definition) is 6. The molecule has 1 aliphatic rings. The molecule has 3 aromatic rings. The van der Waals surface area contributed by atoms with Crippen LogP contribution < -0.4 is 15.8 Å². The van der Waals surface area contributed by atoms with E-state index in [9.17, 15) is 27.9 Å². The van der Waals surface area contributed by atoms with Gasteiger partial charge in [-0.3, -0.25) is 9.36 Å². The number of benzene rings is 2. The van der Waals surface area contributed by atoms with Gasteiger partial charge in [0.25, 0.3) is 5.56 Å². The maximum absolute atomic E-state index is 13.4. The molecule has 11 heteroatoms. The van der Waals surface area contributed by atoms with Gasteiger partial charge in [0.1, 0.15) is 6.54 Å². The predicted molar refractivity (Wildman–Crippen MR) is 125 cm³/mol. The molecule has 186 valence electrons. The highest BCUT2D eigenvalue weighted by Crippen LogP contribution is 2.30. The van der Waals surface area contributed by atoms with Gasteiger partial charge in [0.15, 0.2) is 0 Å². The summed E-state index contributed by atoms with van der Waals surface area (Å²) in [6, 6.07) is 9.23. The van der Waals surface area contributed by atoms with E-state index in [2.05, 4.69) is 10.3 Å². The fraction of sp³-hybridized carbons (Fsp3) is 0.375. The summed E-state index contributed by atoms with van der Waals surface area (Å²) in [5.74, 6) is -1.16. The molecule has 2 N–H and O–H groups in total. The topological polar surface area (TPSA) is 96.7 Å². The lowest BCUT2D eigenvalue weighted by Crippen LogP contribution is -2.42. The van der Waals surface area contributed by atoms with Crippen LogP contribution >= 0.6 is 0 Å². The van der Waals surface area contributed by atoms with Crippen molar-refractivity contribution in [2.45, 2.75) is 32.6 Å². The van der Waals surface area contributed by atoms with Crippen molar-refractivity contribution in [1.29, 1.82) is 0 Å². The van der Waals surface area contributed by atoms with Gasteiger partial charge in [0.2, 0.25) is 5.95 Å². The molecule has 0 bridgehead atoms. The third-order valence-electron chi connectivity index (χ3n) is 5.84. The van der Waals surface area contributed by atoms with Crippen molar-refractivity contribution in [2.75, 3.05) is 36.5 Å². The summed E-state index contributed by atoms with van der Waals surface area (Å²) in [6.45, 7) is 3.29. The van der Waals surface area contributed by atoms with E-state index in [1.165, 1.54) is 12.1 Å². The minimum atomic E-state index is -4.61. The first-order valence-electron chi connectivity index (χ1n) is 11.1. The van der Waals surface area contributed by atoms with E-state index in [-0.39, 0.29) is 22.4 Å². The van der Waals surface area contributed by atoms with Gasteiger partial charge in [0.05, 0.1) is 35.7 Å². The number of anilines is 2. The zero-order valence-corrected chi connectivity index (χ0v) is 19.2. The predicted octanol–water partition coefficient (Wildman–Crippen LogP) is 3.98. The zero-order chi connectivity index (χ0) is 25.3. The monoisotopic (exact) mass is 490 g/mol. The number of aromatic carboxylic acids is 1. The molecule has 1 fully saturated rings. The molecule has 0 radical (unpaired) electrons. The van der Waals surface area contributed by atoms with Crippen molar-refractivity contribution in [3.8, 4) is 0 Å². The number of fused-ring (bicyclic) bond motifs is 1. The second-order valence-electron chi connectivity index (χ2n) is 8.48. The molecule has 0 saturated carbocycles. The molecule has 1 saturated heterocycles. The highest BCUT2D eigenvalue weighted by molar-refractivity contribution is 5.94. The van der Waals surface area contributed by atoms with Crippen LogP contribution in [0.15, 0.2) is 41.2 Å². The number of halogens is 3. The molecule has 1 aromatic heterocycles. The summed E-state index contributed by atoms with van der Waals surface area (Å²) in [5, 5.41) is 12.7. The van der Waals surface area contributed by atoms with Gasteiger partial charge in [-0.15, -0.1) is 0 Å². The van der Waals surface area contributed by atoms with Gasteiger partial charge in [0, 0.05) is 24.3 Å². The number of aryl methyl sites for hydroxylation is 1. The number of nitrogens with one attached hydrogen (secondary N) is 1. The van der Waals surface area contributed by atoms with Crippen LogP contribution in [-0.2, 0) is 11.3 Å². The number of morpholine rings is 1. The second-order valence-corrected chi connectivity index (χ2v) is 8.48. The summed E-state index contributed by atoms with van der Waals surface area (Å²) in [7, 11) is 0. The number of carboxylic acid groups (broad SMARTS) is 1. The Bertz CT molecular complexity index is 1320. The van der Waals surface area contributed by atoms with Gasteiger partial charge in [-0.25, -0.2) is 9.78 Å². The lowest BCUT2D eigenvalue weighted by atomic mass is 10.0. The lowest BCUT2D eigenvalue weighted by molar-refractivity contribution is -0.141. The van der Waals surface area contributed by atoms with Crippen LogP contribution in [0.25, 0.3) is 10.9 Å². The third-order valence-corrected chi connectivity index (χ3v) is 5.84. The molecular formula is C24H25F3N4O4. The van der Waals surface area contributed by atoms with Crippen LogP contribution in [0.2, 0.25) is 0 Å². The number of nitrogens with zero attached hydrogens (tertiary/aromatic N) is 3. The highest BCUT2D eigenvalue weighted by Gasteiger charge is 2.32. The molecule has 1 unspecified atom stereocenters. The van der Waals surface area contributed by atoms with Crippen molar-refractivity contribution >= 4 is 28.5 Å². The van der Waals surface area contributed by atoms with E-state index >= 15 is 0 Å². The van der Waals surface area contributed by atoms with Gasteiger partial charge in [-0.1, -0.05) is 18.2 Å². The molecule has 1 aliphatic heterocycles. The summed E-state index contributed by atoms with van der Waals surface area (Å²) in [4.78, 5) is 31.2. The molecule has 35 heavy (non-hydrogen) atoms. The number of hydrogen-bond donors (Lipinski definition) is 2. The molecule has 8 nitrogen and oxygen atoms in total. The Kier molecular flexibility index (Phi) is 6.70. The van der Waals surface area contributed by atoms with E-state index in [1.54, 1.807) is 43.0 Å². The van der Waals surface area contributed by atoms with Crippen molar-refractivity contribution in [3.05, 3.63) is 63.4 Å². The minimum Gasteiger partial charge on any atom is -0.478 e. The molecule has 1 atom stereocenters. The Morgan fingerprint density at radius 1 is 1.23 bits per heavy atom. The van der Waals surface area contributed by atoms with Crippen LogP contribution in [-0.4, -0.2) is 53.1 Å². The van der Waals surface area contributed by atoms with Gasteiger partial charge < -0.3 is 20.1 Å². The second kappa shape index (κ2) is 9.57. The van der Waals surface area contributed by atoms with E-state index < -0.39 is 30.3 Å². The quantitative estimate of drug-likeness (QED) is 0.540. The number of aromatic nitrogens is 2. The Hall–Kier alpha value is -3.60. The first kappa shape index (κ1) is 24.5. The fourth-order valence-corrected chi connectivity index (χ4v) is 4.25. The highest BCUT2D eigenvalue weighted by atomic mass is 19.4. The molecule has 0 aliphatic carbocycles. The average Bonchev–Trinajstić information content (AvgIpc) is 2.80. The molecule has 2 aromatic carbocycles. The van der Waals surface area contributed by atoms with Crippen LogP contribution in [0.1, 0.15) is 34.5 Å². The maximum atomic E-state index is 13.4. The molecule has 4 rings (SSSR count). The largest absolute Gasteiger partial charge is 0.478 e. The zero-order valence-electron chi connectivity index (χ0n) is 19.2. The number of carbonyl (C=O) groups is 1. The normalized spacial score (nSPS) is 15.3. The standard InChI is InChI=1S/C24H25F3N4O4/c1-14-11-17(15(2)28-19-6-4-3-5-16(19)22(33)34)20-18(12-14)21(32)31(13-24(25,26)27)23(29-20)30-7-9-35-10-8-30/h3-6,11-12,15,28H,7-10,13H2,1-2H3,(H,33,34). The van der Waals surface area contributed by atoms with Crippen molar-refractivity contribution in [3.63, 3.8) is 0 Å². The van der Waals surface area contributed by atoms with E-state index in [0.29, 0.717) is 47.7 Å². The van der Waals surface area contributed by atoms with E-state index in [1.807, 2.05) is 0 Å². The molecular weight excluding hydrogens is 465 g/mol. The maximum Gasteiger partial charge on any atom is 0.406 e. The third kappa shape index (κ3) is 5.24. The summed E-state index contributed by atoms with van der Waals surface area (Å²) in [5.41, 5.74) is 1.19. The van der Waals surface area contributed by atoms with Crippen LogP contribution in [0.3, 0.4) is 0 Å². The Balaban J connectivity index is 1.88. The number of carboxylic acids is 1. The summed E-state index contributed by atoms with van der Waals surface area (Å²) < 4.78 is 46.2. The van der Waals surface area contributed by atoms with Gasteiger partial charge in [-0.2, -0.15) is 13.2 Å². The first-order chi connectivity index (χ1) is 16.5. The number of para-hydroxylation sites is 1. The van der Waals surface area contributed by atoms with E-state index in [4.69, 9.17) is 4.74 Å². The Morgan fingerprint density at radius 2 is 1.91 bits per heavy atom. The number of alkyl halides is 3. The minimum absolute atomic E-state index is 0.0636. The summed E-state index contributed by atoms with van der Waals surface area (Å²) >= 11 is 0. The molecule has 0 spiro atoms. The Morgan fingerprint density at radius 3 is 2.57 bits per heavy atom. The van der Waals surface area contributed by atoms with E-state index in [0.717, 1.165) is 0 Å². The van der Waals surface area contributed by atoms with Crippen molar-refractivity contribution in [2.24, 2.45) is 0 Å². The van der Waals surface area contributed by atoms with Crippen molar-refractivity contribution in [1.82, 2.24) is 9.55 Å². The van der Waals surface area contributed by atoms with Gasteiger partial charge >= 0.3 is 12.1 Å². The SMILES string of the molecule is Cc1cc(C(C)Nc2ccccc2C(=O)O)c2nc(N3CCOCC3)n(CC(F)(F)F)c(=O)c2c1. The fourth-order valence-electron chi connectivity index (χ4n) is 4.25. The van der Waals surface area contributed by atoms with Crippen LogP contribution in [0.5, 0.6) is 0 Å². The first-order valence-corrected chi connectivity index (χ1v) is 11.1. The van der Waals surface area contributed by atoms with Crippen molar-refractivity contribution < 1.29 is 27.8 Å². The number of rotatable bonds is 6. The molecule has 2 heterocycles. The number of ether oxygens (including phenoxy) is 1. The van der Waals surface area contributed by atoms with Crippen LogP contribution in [0, 0.1) is 6.92 Å². The Labute approximate surface area is 199 Å².